The molecule has 2 aliphatic carbocycles. The number of furan rings is 2. The van der Waals surface area contributed by atoms with Crippen molar-refractivity contribution in [2.24, 2.45) is 0 Å². The summed E-state index contributed by atoms with van der Waals surface area (Å²) >= 11 is 0.929. The molecule has 10 heteroatoms. The van der Waals surface area contributed by atoms with Crippen LogP contribution in [-0.4, -0.2) is 22.4 Å². The molecule has 0 aliphatic heterocycles. The second-order valence-electron chi connectivity index (χ2n) is 12.3. The van der Waals surface area contributed by atoms with E-state index in [1.54, 1.807) is 30.9 Å². The highest BCUT2D eigenvalue weighted by atomic mass is 32.2. The maximum Gasteiger partial charge on any atom is 0.166 e. The van der Waals surface area contributed by atoms with Crippen LogP contribution in [0.15, 0.2) is 70.3 Å². The second-order valence-corrected chi connectivity index (χ2v) is 12.8. The number of ketones is 1. The summed E-state index contributed by atoms with van der Waals surface area (Å²) in [6, 6.07) is 17.0. The maximum atomic E-state index is 12.1. The van der Waals surface area contributed by atoms with Crippen LogP contribution in [0.2, 0.25) is 0 Å². The normalized spacial score (nSPS) is 19.1. The smallest absolute Gasteiger partial charge is 0.166 e. The Balaban J connectivity index is 0.000000186. The summed E-state index contributed by atoms with van der Waals surface area (Å²) in [7, 11) is 0. The number of nitriles is 2. The first kappa shape index (κ1) is 35.7. The van der Waals surface area contributed by atoms with Crippen molar-refractivity contribution in [3.05, 3.63) is 117 Å². The van der Waals surface area contributed by atoms with Crippen LogP contribution >= 0.6 is 12.0 Å². The van der Waals surface area contributed by atoms with E-state index >= 15 is 0 Å². The SMILES string of the molecule is CSOOO.Cc1cc2c(cc1C)C(C#N)(CCC(=O)c1ccoc1)C2.Cc1cc2c(cc1C)C(C#N)(CCC(O)c1ccoc1)C2. The third kappa shape index (κ3) is 7.87. The Bertz CT molecular complexity index is 1750. The minimum Gasteiger partial charge on any atom is -0.472 e. The van der Waals surface area contributed by atoms with Gasteiger partial charge in [0.15, 0.2) is 5.78 Å². The molecule has 0 amide bonds. The van der Waals surface area contributed by atoms with Crippen LogP contribution in [0.1, 0.15) is 92.2 Å². The molecule has 246 valence electrons. The molecule has 0 saturated heterocycles. The van der Waals surface area contributed by atoms with Crippen LogP contribution in [0.5, 0.6) is 0 Å². The lowest BCUT2D eigenvalue weighted by molar-refractivity contribution is -0.432. The first-order chi connectivity index (χ1) is 22.5. The Kier molecular flexibility index (Phi) is 11.9. The summed E-state index contributed by atoms with van der Waals surface area (Å²) < 4.78 is 13.7. The third-order valence-corrected chi connectivity index (χ3v) is 9.57. The molecule has 0 saturated carbocycles. The fourth-order valence-corrected chi connectivity index (χ4v) is 6.32. The number of aryl methyl sites for hydroxylation is 4. The number of benzene rings is 2. The zero-order valence-corrected chi connectivity index (χ0v) is 28.1. The summed E-state index contributed by atoms with van der Waals surface area (Å²) in [6.07, 6.45) is 10.9. The number of carbonyl (C=O) groups excluding carboxylic acids is 1. The molecular weight excluding hydrogens is 616 g/mol. The molecule has 2 aliphatic rings. The van der Waals surface area contributed by atoms with Crippen LogP contribution in [0.4, 0.5) is 0 Å². The molecule has 0 bridgehead atoms. The van der Waals surface area contributed by atoms with Crippen molar-refractivity contribution >= 4 is 17.8 Å². The standard InChI is InChI=1S/C18H19NO2.C18H17NO2.CH4O3S/c2*1-12-7-15-9-18(11-19,16(15)8-13(12)2)5-3-17(20)14-4-6-21-10-14;1-5-4-3-2/h4,6-8,10,17,20H,3,5,9H2,1-2H3;4,6-8,10H,3,5,9H2,1-2H3;2H,1H3. The van der Waals surface area contributed by atoms with Gasteiger partial charge in [-0.2, -0.15) is 10.5 Å². The van der Waals surface area contributed by atoms with Crippen molar-refractivity contribution in [2.45, 2.75) is 83.2 Å². The molecule has 6 rings (SSSR count). The molecule has 3 atom stereocenters. The number of carbonyl (C=O) groups is 1. The second kappa shape index (κ2) is 15.6. The van der Waals surface area contributed by atoms with E-state index in [1.807, 2.05) is 0 Å². The van der Waals surface area contributed by atoms with Crippen LogP contribution in [0.25, 0.3) is 0 Å². The van der Waals surface area contributed by atoms with Gasteiger partial charge in [0.1, 0.15) is 6.26 Å². The average molecular weight is 657 g/mol. The van der Waals surface area contributed by atoms with Gasteiger partial charge in [0.05, 0.1) is 53.4 Å². The van der Waals surface area contributed by atoms with Gasteiger partial charge in [0.25, 0.3) is 0 Å². The quantitative estimate of drug-likeness (QED) is 0.0738. The van der Waals surface area contributed by atoms with Crippen molar-refractivity contribution < 1.29 is 33.4 Å². The highest BCUT2D eigenvalue weighted by Gasteiger charge is 2.44. The van der Waals surface area contributed by atoms with E-state index < -0.39 is 16.9 Å². The average Bonchev–Trinajstić information content (AvgIpc) is 3.80. The van der Waals surface area contributed by atoms with Crippen LogP contribution in [-0.2, 0) is 33.0 Å². The molecule has 2 aromatic heterocycles. The predicted octanol–water partition coefficient (Wildman–Crippen LogP) is 8.29. The van der Waals surface area contributed by atoms with E-state index in [0.29, 0.717) is 31.2 Å². The molecule has 4 aromatic rings. The number of hydrogen-bond donors (Lipinski definition) is 2. The number of hydrogen-bond acceptors (Lipinski definition) is 10. The number of Topliss-reactive ketones (excluding diaryl/α,β-unsaturated/α-hetero) is 1. The predicted molar refractivity (Wildman–Crippen MR) is 177 cm³/mol. The Morgan fingerprint density at radius 2 is 1.43 bits per heavy atom. The van der Waals surface area contributed by atoms with E-state index in [-0.39, 0.29) is 5.78 Å². The monoisotopic (exact) mass is 656 g/mol. The first-order valence-corrected chi connectivity index (χ1v) is 16.5. The summed E-state index contributed by atoms with van der Waals surface area (Å²) in [5.41, 5.74) is 10.2. The van der Waals surface area contributed by atoms with Gasteiger partial charge in [-0.1, -0.05) is 29.3 Å². The van der Waals surface area contributed by atoms with Gasteiger partial charge in [0.2, 0.25) is 0 Å². The zero-order chi connectivity index (χ0) is 34.2. The Morgan fingerprint density at radius 3 is 1.87 bits per heavy atom. The minimum atomic E-state index is -0.565. The summed E-state index contributed by atoms with van der Waals surface area (Å²) in [6.45, 7) is 8.33. The molecule has 9 nitrogen and oxygen atoms in total. The number of nitrogens with zero attached hydrogens (tertiary/aromatic N) is 2. The lowest BCUT2D eigenvalue weighted by Crippen LogP contribution is -2.38. The topological polar surface area (TPSA) is 150 Å². The van der Waals surface area contributed by atoms with Crippen LogP contribution < -0.4 is 0 Å². The van der Waals surface area contributed by atoms with E-state index in [9.17, 15) is 20.4 Å². The van der Waals surface area contributed by atoms with E-state index in [1.165, 1.54) is 45.9 Å². The molecule has 2 N–H and O–H groups in total. The molecular formula is C37H40N2O7S. The van der Waals surface area contributed by atoms with E-state index in [0.717, 1.165) is 41.6 Å². The Morgan fingerprint density at radius 1 is 0.894 bits per heavy atom. The number of aliphatic hydroxyl groups is 1. The van der Waals surface area contributed by atoms with Crippen molar-refractivity contribution in [3.8, 4) is 12.1 Å². The lowest BCUT2D eigenvalue weighted by Gasteiger charge is -2.39. The van der Waals surface area contributed by atoms with Gasteiger partial charge in [0, 0.05) is 30.3 Å². The molecule has 47 heavy (non-hydrogen) atoms. The van der Waals surface area contributed by atoms with E-state index in [4.69, 9.17) is 14.1 Å². The first-order valence-electron chi connectivity index (χ1n) is 15.3. The number of aliphatic hydroxyl groups excluding tert-OH is 1. The van der Waals surface area contributed by atoms with Gasteiger partial charge >= 0.3 is 0 Å². The van der Waals surface area contributed by atoms with Crippen molar-refractivity contribution in [2.75, 3.05) is 6.26 Å². The summed E-state index contributed by atoms with van der Waals surface area (Å²) in [5, 5.41) is 39.9. The largest absolute Gasteiger partial charge is 0.472 e. The van der Waals surface area contributed by atoms with Crippen LogP contribution in [0, 0.1) is 50.4 Å². The Labute approximate surface area is 279 Å². The Hall–Kier alpha value is -4.16. The van der Waals surface area contributed by atoms with Gasteiger partial charge in [-0.3, -0.25) is 4.79 Å². The molecule has 2 aromatic carbocycles. The van der Waals surface area contributed by atoms with Gasteiger partial charge in [-0.05, 0) is 116 Å². The molecule has 0 radical (unpaired) electrons. The molecule has 0 spiro atoms. The molecule has 3 unspecified atom stereocenters. The maximum absolute atomic E-state index is 12.1. The van der Waals surface area contributed by atoms with Crippen LogP contribution in [0.3, 0.4) is 0 Å². The minimum absolute atomic E-state index is 0.0376. The fourth-order valence-electron chi connectivity index (χ4n) is 6.26. The highest BCUT2D eigenvalue weighted by Crippen LogP contribution is 2.47. The van der Waals surface area contributed by atoms with Crippen molar-refractivity contribution in [3.63, 3.8) is 0 Å². The molecule has 0 fully saturated rings. The van der Waals surface area contributed by atoms with Gasteiger partial charge in [-0.15, -0.1) is 4.33 Å². The van der Waals surface area contributed by atoms with Crippen molar-refractivity contribution in [1.82, 2.24) is 0 Å². The van der Waals surface area contributed by atoms with Crippen molar-refractivity contribution in [1.29, 1.82) is 10.5 Å². The van der Waals surface area contributed by atoms with E-state index in [2.05, 4.69) is 73.5 Å². The number of fused-ring (bicyclic) bond motifs is 2. The number of rotatable bonds is 10. The lowest BCUT2D eigenvalue weighted by atomic mass is 9.61. The fraction of sp³-hybridized carbons (Fsp3) is 0.378. The van der Waals surface area contributed by atoms with Gasteiger partial charge < -0.3 is 13.9 Å². The van der Waals surface area contributed by atoms with Gasteiger partial charge in [-0.25, -0.2) is 5.26 Å². The summed E-state index contributed by atoms with van der Waals surface area (Å²) in [5.74, 6) is 0.0376. The zero-order valence-electron chi connectivity index (χ0n) is 27.3. The highest BCUT2D eigenvalue weighted by molar-refractivity contribution is 7.93. The summed E-state index contributed by atoms with van der Waals surface area (Å²) in [4.78, 5) is 12.1. The molecule has 2 heterocycles. The third-order valence-electron chi connectivity index (χ3n) is 9.38.